The van der Waals surface area contributed by atoms with E-state index >= 15 is 0 Å². The lowest BCUT2D eigenvalue weighted by Crippen LogP contribution is -2.28. The van der Waals surface area contributed by atoms with E-state index in [1.165, 1.54) is 5.56 Å². The van der Waals surface area contributed by atoms with Crippen LogP contribution in [0.25, 0.3) is 0 Å². The lowest BCUT2D eigenvalue weighted by molar-refractivity contribution is 0.610. The topological polar surface area (TPSA) is 49.8 Å². The Kier molecular flexibility index (Phi) is 3.62. The summed E-state index contributed by atoms with van der Waals surface area (Å²) in [4.78, 5) is 9.34. The van der Waals surface area contributed by atoms with Crippen molar-refractivity contribution in [1.29, 1.82) is 0 Å². The standard InChI is InChI=1S/C13H22N4/c1-8(2)12-16-11-7-14-6-5-10(11)13(17-12)15-9(3)4/h8-9,14H,5-7H2,1-4H3,(H,15,16,17). The molecular weight excluding hydrogens is 212 g/mol. The van der Waals surface area contributed by atoms with Crippen molar-refractivity contribution in [2.24, 2.45) is 0 Å². The smallest absolute Gasteiger partial charge is 0.133 e. The molecule has 0 aromatic carbocycles. The Hall–Kier alpha value is -1.16. The third-order valence-electron chi connectivity index (χ3n) is 2.90. The van der Waals surface area contributed by atoms with Crippen LogP contribution in [0, 0.1) is 0 Å². The summed E-state index contributed by atoms with van der Waals surface area (Å²) in [6.45, 7) is 10.4. The molecule has 1 aromatic heterocycles. The summed E-state index contributed by atoms with van der Waals surface area (Å²) in [6.07, 6.45) is 1.02. The van der Waals surface area contributed by atoms with Crippen LogP contribution in [0.5, 0.6) is 0 Å². The quantitative estimate of drug-likeness (QED) is 0.840. The van der Waals surface area contributed by atoms with Crippen LogP contribution in [0.2, 0.25) is 0 Å². The van der Waals surface area contributed by atoms with E-state index in [2.05, 4.69) is 48.3 Å². The molecular formula is C13H22N4. The maximum absolute atomic E-state index is 4.68. The van der Waals surface area contributed by atoms with Crippen LogP contribution in [-0.2, 0) is 13.0 Å². The fraction of sp³-hybridized carbons (Fsp3) is 0.692. The second-order valence-electron chi connectivity index (χ2n) is 5.24. The minimum atomic E-state index is 0.370. The second kappa shape index (κ2) is 5.00. The minimum absolute atomic E-state index is 0.370. The lowest BCUT2D eigenvalue weighted by atomic mass is 10.1. The van der Waals surface area contributed by atoms with Crippen LogP contribution in [0.15, 0.2) is 0 Å². The molecule has 2 N–H and O–H groups in total. The summed E-state index contributed by atoms with van der Waals surface area (Å²) in [5.74, 6) is 2.35. The van der Waals surface area contributed by atoms with Crippen molar-refractivity contribution in [3.05, 3.63) is 17.1 Å². The molecule has 2 rings (SSSR count). The van der Waals surface area contributed by atoms with Crippen LogP contribution >= 0.6 is 0 Å². The van der Waals surface area contributed by atoms with Gasteiger partial charge in [-0.25, -0.2) is 9.97 Å². The van der Waals surface area contributed by atoms with Crippen LogP contribution in [0.4, 0.5) is 5.82 Å². The first-order valence-corrected chi connectivity index (χ1v) is 6.45. The van der Waals surface area contributed by atoms with Crippen molar-refractivity contribution in [2.45, 2.75) is 52.6 Å². The number of hydrogen-bond donors (Lipinski definition) is 2. The van der Waals surface area contributed by atoms with E-state index in [-0.39, 0.29) is 0 Å². The molecule has 0 radical (unpaired) electrons. The highest BCUT2D eigenvalue weighted by atomic mass is 15.1. The maximum atomic E-state index is 4.68. The van der Waals surface area contributed by atoms with Gasteiger partial charge in [-0.1, -0.05) is 13.8 Å². The zero-order chi connectivity index (χ0) is 12.4. The third kappa shape index (κ3) is 2.75. The van der Waals surface area contributed by atoms with Gasteiger partial charge in [-0.3, -0.25) is 0 Å². The van der Waals surface area contributed by atoms with Crippen molar-refractivity contribution in [3.8, 4) is 0 Å². The normalized spacial score (nSPS) is 15.2. The largest absolute Gasteiger partial charge is 0.368 e. The van der Waals surface area contributed by atoms with E-state index in [1.807, 2.05) is 0 Å². The number of rotatable bonds is 3. The van der Waals surface area contributed by atoms with E-state index < -0.39 is 0 Å². The summed E-state index contributed by atoms with van der Waals surface area (Å²) < 4.78 is 0. The van der Waals surface area contributed by atoms with Gasteiger partial charge in [0.1, 0.15) is 11.6 Å². The molecule has 0 amide bonds. The van der Waals surface area contributed by atoms with E-state index in [1.54, 1.807) is 0 Å². The molecule has 0 aliphatic carbocycles. The monoisotopic (exact) mass is 234 g/mol. The van der Waals surface area contributed by atoms with Gasteiger partial charge in [0.15, 0.2) is 0 Å². The summed E-state index contributed by atoms with van der Waals surface area (Å²) >= 11 is 0. The zero-order valence-electron chi connectivity index (χ0n) is 11.2. The summed E-state index contributed by atoms with van der Waals surface area (Å²) in [7, 11) is 0. The van der Waals surface area contributed by atoms with E-state index in [0.29, 0.717) is 12.0 Å². The van der Waals surface area contributed by atoms with Gasteiger partial charge >= 0.3 is 0 Å². The summed E-state index contributed by atoms with van der Waals surface area (Å²) in [5, 5.41) is 6.82. The van der Waals surface area contributed by atoms with Gasteiger partial charge in [0.25, 0.3) is 0 Å². The highest BCUT2D eigenvalue weighted by Crippen LogP contribution is 2.23. The van der Waals surface area contributed by atoms with E-state index in [9.17, 15) is 0 Å². The van der Waals surface area contributed by atoms with Crippen LogP contribution in [0.3, 0.4) is 0 Å². The Labute approximate surface area is 103 Å². The maximum Gasteiger partial charge on any atom is 0.133 e. The molecule has 17 heavy (non-hydrogen) atoms. The van der Waals surface area contributed by atoms with Crippen molar-refractivity contribution in [1.82, 2.24) is 15.3 Å². The Morgan fingerprint density at radius 3 is 2.59 bits per heavy atom. The average Bonchev–Trinajstić information content (AvgIpc) is 2.28. The number of hydrogen-bond acceptors (Lipinski definition) is 4. The van der Waals surface area contributed by atoms with Crippen molar-refractivity contribution in [2.75, 3.05) is 11.9 Å². The first-order valence-electron chi connectivity index (χ1n) is 6.45. The number of anilines is 1. The minimum Gasteiger partial charge on any atom is -0.368 e. The molecule has 0 unspecified atom stereocenters. The average molecular weight is 234 g/mol. The third-order valence-corrected chi connectivity index (χ3v) is 2.90. The number of nitrogens with zero attached hydrogens (tertiary/aromatic N) is 2. The van der Waals surface area contributed by atoms with Crippen LogP contribution < -0.4 is 10.6 Å². The molecule has 1 aromatic rings. The molecule has 0 atom stereocenters. The molecule has 0 fully saturated rings. The molecule has 4 nitrogen and oxygen atoms in total. The van der Waals surface area contributed by atoms with Gasteiger partial charge in [0, 0.05) is 24.1 Å². The summed E-state index contributed by atoms with van der Waals surface area (Å²) in [6, 6.07) is 0.406. The van der Waals surface area contributed by atoms with E-state index in [0.717, 1.165) is 36.8 Å². The van der Waals surface area contributed by atoms with Crippen molar-refractivity contribution >= 4 is 5.82 Å². The highest BCUT2D eigenvalue weighted by molar-refractivity contribution is 5.48. The number of fused-ring (bicyclic) bond motifs is 1. The van der Waals surface area contributed by atoms with Gasteiger partial charge < -0.3 is 10.6 Å². The Bertz CT molecular complexity index is 399. The Morgan fingerprint density at radius 2 is 1.94 bits per heavy atom. The molecule has 0 spiro atoms. The Balaban J connectivity index is 2.42. The molecule has 0 saturated heterocycles. The molecule has 94 valence electrons. The van der Waals surface area contributed by atoms with Crippen LogP contribution in [0.1, 0.15) is 50.7 Å². The van der Waals surface area contributed by atoms with Gasteiger partial charge in [-0.15, -0.1) is 0 Å². The van der Waals surface area contributed by atoms with Crippen LogP contribution in [-0.4, -0.2) is 22.6 Å². The lowest BCUT2D eigenvalue weighted by Gasteiger charge is -2.22. The fourth-order valence-electron chi connectivity index (χ4n) is 2.03. The Morgan fingerprint density at radius 1 is 1.18 bits per heavy atom. The first-order chi connectivity index (χ1) is 8.08. The molecule has 2 heterocycles. The van der Waals surface area contributed by atoms with Gasteiger partial charge in [-0.05, 0) is 26.8 Å². The van der Waals surface area contributed by atoms with Gasteiger partial charge in [0.2, 0.25) is 0 Å². The first kappa shape index (κ1) is 12.3. The van der Waals surface area contributed by atoms with Gasteiger partial charge in [-0.2, -0.15) is 0 Å². The predicted molar refractivity (Wildman–Crippen MR) is 70.3 cm³/mol. The zero-order valence-corrected chi connectivity index (χ0v) is 11.2. The highest BCUT2D eigenvalue weighted by Gasteiger charge is 2.18. The van der Waals surface area contributed by atoms with Crippen molar-refractivity contribution < 1.29 is 0 Å². The van der Waals surface area contributed by atoms with Gasteiger partial charge in [0.05, 0.1) is 5.69 Å². The molecule has 1 aliphatic rings. The molecule has 0 saturated carbocycles. The number of aromatic nitrogens is 2. The molecule has 0 bridgehead atoms. The second-order valence-corrected chi connectivity index (χ2v) is 5.24. The fourth-order valence-corrected chi connectivity index (χ4v) is 2.03. The van der Waals surface area contributed by atoms with E-state index in [4.69, 9.17) is 0 Å². The number of nitrogens with one attached hydrogen (secondary N) is 2. The molecule has 1 aliphatic heterocycles. The van der Waals surface area contributed by atoms with Crippen molar-refractivity contribution in [3.63, 3.8) is 0 Å². The molecule has 4 heteroatoms. The predicted octanol–water partition coefficient (Wildman–Crippen LogP) is 2.07. The SMILES string of the molecule is CC(C)Nc1nc(C(C)C)nc2c1CCNC2. The summed E-state index contributed by atoms with van der Waals surface area (Å²) in [5.41, 5.74) is 2.46.